The first kappa shape index (κ1) is 11.5. The maximum Gasteiger partial charge on any atom is 0.235 e. The van der Waals surface area contributed by atoms with Gasteiger partial charge in [-0.15, -0.1) is 0 Å². The molecule has 1 aliphatic carbocycles. The van der Waals surface area contributed by atoms with Crippen LogP contribution in [0.3, 0.4) is 0 Å². The summed E-state index contributed by atoms with van der Waals surface area (Å²) < 4.78 is 0. The zero-order valence-electron chi connectivity index (χ0n) is 8.83. The molecule has 1 amide bonds. The molecule has 0 aromatic heterocycles. The molecule has 0 aliphatic heterocycles. The van der Waals surface area contributed by atoms with E-state index in [1.54, 1.807) is 0 Å². The van der Waals surface area contributed by atoms with Crippen LogP contribution in [-0.2, 0) is 4.79 Å². The van der Waals surface area contributed by atoms with E-state index in [9.17, 15) is 4.79 Å². The van der Waals surface area contributed by atoms with E-state index in [1.807, 2.05) is 0 Å². The normalized spacial score (nSPS) is 22.1. The number of amides is 1. The van der Waals surface area contributed by atoms with Gasteiger partial charge in [-0.2, -0.15) is 0 Å². The van der Waals surface area contributed by atoms with E-state index in [0.717, 1.165) is 5.92 Å². The molecular formula is C10H21N3O. The van der Waals surface area contributed by atoms with Gasteiger partial charge in [-0.1, -0.05) is 12.8 Å². The summed E-state index contributed by atoms with van der Waals surface area (Å²) >= 11 is 0. The van der Waals surface area contributed by atoms with Crippen molar-refractivity contribution in [1.29, 1.82) is 0 Å². The molecule has 4 nitrogen and oxygen atoms in total. The maximum absolute atomic E-state index is 10.7. The van der Waals surface area contributed by atoms with Gasteiger partial charge in [-0.25, -0.2) is 0 Å². The molecule has 1 rings (SSSR count). The Bertz CT molecular complexity index is 190. The van der Waals surface area contributed by atoms with Gasteiger partial charge in [-0.3, -0.25) is 4.79 Å². The number of hydrogen-bond acceptors (Lipinski definition) is 3. The van der Waals surface area contributed by atoms with Crippen LogP contribution >= 0.6 is 0 Å². The summed E-state index contributed by atoms with van der Waals surface area (Å²) in [7, 11) is 0. The van der Waals surface area contributed by atoms with Gasteiger partial charge in [0.2, 0.25) is 5.91 Å². The van der Waals surface area contributed by atoms with E-state index in [4.69, 9.17) is 11.5 Å². The fourth-order valence-electron chi connectivity index (χ4n) is 2.04. The number of hydrogen-bond donors (Lipinski definition) is 3. The molecule has 82 valence electrons. The zero-order chi connectivity index (χ0) is 10.6. The predicted octanol–water partition coefficient (Wildman–Crippen LogP) is -0.0327. The lowest BCUT2D eigenvalue weighted by molar-refractivity contribution is -0.119. The molecule has 1 fully saturated rings. The molecule has 0 aromatic carbocycles. The summed E-state index contributed by atoms with van der Waals surface area (Å²) in [6, 6.07) is -0.109. The quantitative estimate of drug-likeness (QED) is 0.581. The van der Waals surface area contributed by atoms with Crippen LogP contribution in [-0.4, -0.2) is 24.5 Å². The van der Waals surface area contributed by atoms with E-state index < -0.39 is 11.9 Å². The smallest absolute Gasteiger partial charge is 0.235 e. The Labute approximate surface area is 85.4 Å². The monoisotopic (exact) mass is 199 g/mol. The molecule has 0 aromatic rings. The first-order valence-corrected chi connectivity index (χ1v) is 5.39. The van der Waals surface area contributed by atoms with Gasteiger partial charge in [0.1, 0.15) is 0 Å². The molecule has 5 N–H and O–H groups in total. The third-order valence-electron chi connectivity index (χ3n) is 3.13. The highest BCUT2D eigenvalue weighted by Crippen LogP contribution is 2.27. The summed E-state index contributed by atoms with van der Waals surface area (Å²) in [5.41, 5.74) is 10.6. The Hall–Kier alpha value is -0.610. The highest BCUT2D eigenvalue weighted by atomic mass is 16.1. The summed E-state index contributed by atoms with van der Waals surface area (Å²) in [6.45, 7) is 2.65. The number of carbonyl (C=O) groups is 1. The third-order valence-corrected chi connectivity index (χ3v) is 3.13. The van der Waals surface area contributed by atoms with Gasteiger partial charge in [0.25, 0.3) is 0 Å². The molecular weight excluding hydrogens is 178 g/mol. The Kier molecular flexibility index (Phi) is 4.35. The highest BCUT2D eigenvalue weighted by Gasteiger charge is 2.21. The van der Waals surface area contributed by atoms with E-state index in [-0.39, 0.29) is 0 Å². The van der Waals surface area contributed by atoms with Crippen LogP contribution in [0, 0.1) is 5.92 Å². The standard InChI is InChI=1S/C10H21N3O/c1-7(8-4-2-3-5-8)13-6-9(11)10(12)14/h7-9,13H,2-6,11H2,1H3,(H2,12,14). The SMILES string of the molecule is CC(NCC(N)C(N)=O)C1CCCC1. The number of nitrogens with two attached hydrogens (primary N) is 2. The summed E-state index contributed by atoms with van der Waals surface area (Å²) in [4.78, 5) is 10.7. The summed E-state index contributed by atoms with van der Waals surface area (Å²) in [5.74, 6) is 0.311. The average Bonchev–Trinajstić information content (AvgIpc) is 2.66. The molecule has 0 spiro atoms. The van der Waals surface area contributed by atoms with Crippen molar-refractivity contribution < 1.29 is 4.79 Å². The minimum atomic E-state index is -0.557. The molecule has 0 saturated heterocycles. The fraction of sp³-hybridized carbons (Fsp3) is 0.900. The Morgan fingerprint density at radius 2 is 2.07 bits per heavy atom. The van der Waals surface area contributed by atoms with Crippen LogP contribution < -0.4 is 16.8 Å². The number of nitrogens with one attached hydrogen (secondary N) is 1. The third kappa shape index (κ3) is 3.27. The molecule has 2 unspecified atom stereocenters. The van der Waals surface area contributed by atoms with Crippen LogP contribution in [0.4, 0.5) is 0 Å². The van der Waals surface area contributed by atoms with Crippen molar-refractivity contribution in [3.63, 3.8) is 0 Å². The van der Waals surface area contributed by atoms with Crippen molar-refractivity contribution in [3.05, 3.63) is 0 Å². The lowest BCUT2D eigenvalue weighted by Gasteiger charge is -2.21. The largest absolute Gasteiger partial charge is 0.368 e. The molecule has 1 aliphatic rings. The van der Waals surface area contributed by atoms with Gasteiger partial charge in [-0.05, 0) is 25.7 Å². The van der Waals surface area contributed by atoms with Gasteiger partial charge in [0, 0.05) is 12.6 Å². The van der Waals surface area contributed by atoms with Crippen molar-refractivity contribution in [2.75, 3.05) is 6.54 Å². The van der Waals surface area contributed by atoms with E-state index in [1.165, 1.54) is 25.7 Å². The molecule has 2 atom stereocenters. The van der Waals surface area contributed by atoms with E-state index in [2.05, 4.69) is 12.2 Å². The van der Waals surface area contributed by atoms with Gasteiger partial charge < -0.3 is 16.8 Å². The molecule has 0 heterocycles. The molecule has 0 radical (unpaired) electrons. The number of primary amides is 1. The molecule has 0 bridgehead atoms. The van der Waals surface area contributed by atoms with Gasteiger partial charge >= 0.3 is 0 Å². The zero-order valence-corrected chi connectivity index (χ0v) is 8.83. The fourth-order valence-corrected chi connectivity index (χ4v) is 2.04. The second-order valence-corrected chi connectivity index (χ2v) is 4.25. The number of carbonyl (C=O) groups excluding carboxylic acids is 1. The Balaban J connectivity index is 2.19. The van der Waals surface area contributed by atoms with Crippen LogP contribution in [0.2, 0.25) is 0 Å². The second-order valence-electron chi connectivity index (χ2n) is 4.25. The first-order chi connectivity index (χ1) is 6.61. The van der Waals surface area contributed by atoms with Gasteiger partial charge in [0.05, 0.1) is 6.04 Å². The first-order valence-electron chi connectivity index (χ1n) is 5.39. The molecule has 14 heavy (non-hydrogen) atoms. The lowest BCUT2D eigenvalue weighted by atomic mass is 10.00. The van der Waals surface area contributed by atoms with Crippen molar-refractivity contribution >= 4 is 5.91 Å². The van der Waals surface area contributed by atoms with Crippen molar-refractivity contribution in [1.82, 2.24) is 5.32 Å². The lowest BCUT2D eigenvalue weighted by Crippen LogP contribution is -2.47. The van der Waals surface area contributed by atoms with Crippen molar-refractivity contribution in [2.24, 2.45) is 17.4 Å². The van der Waals surface area contributed by atoms with Crippen LogP contribution in [0.1, 0.15) is 32.6 Å². The highest BCUT2D eigenvalue weighted by molar-refractivity contribution is 5.79. The number of rotatable bonds is 5. The van der Waals surface area contributed by atoms with Crippen LogP contribution in [0.25, 0.3) is 0 Å². The average molecular weight is 199 g/mol. The molecule has 1 saturated carbocycles. The maximum atomic E-state index is 10.7. The summed E-state index contributed by atoms with van der Waals surface area (Å²) in [6.07, 6.45) is 5.25. The van der Waals surface area contributed by atoms with Crippen molar-refractivity contribution in [3.8, 4) is 0 Å². The predicted molar refractivity (Wildman–Crippen MR) is 56.6 cm³/mol. The van der Waals surface area contributed by atoms with Crippen LogP contribution in [0.15, 0.2) is 0 Å². The second kappa shape index (κ2) is 5.32. The minimum Gasteiger partial charge on any atom is -0.368 e. The Morgan fingerprint density at radius 1 is 1.50 bits per heavy atom. The van der Waals surface area contributed by atoms with Gasteiger partial charge in [0.15, 0.2) is 0 Å². The molecule has 4 heteroatoms. The van der Waals surface area contributed by atoms with E-state index in [0.29, 0.717) is 12.6 Å². The Morgan fingerprint density at radius 3 is 2.57 bits per heavy atom. The topological polar surface area (TPSA) is 81.1 Å². The van der Waals surface area contributed by atoms with E-state index >= 15 is 0 Å². The summed E-state index contributed by atoms with van der Waals surface area (Å²) in [5, 5.41) is 3.28. The minimum absolute atomic E-state index is 0.434. The van der Waals surface area contributed by atoms with Crippen LogP contribution in [0.5, 0.6) is 0 Å². The van der Waals surface area contributed by atoms with Crippen molar-refractivity contribution in [2.45, 2.75) is 44.7 Å².